The molecule has 1 atom stereocenters. The van der Waals surface area contributed by atoms with E-state index in [0.29, 0.717) is 28.8 Å². The molecule has 2 heterocycles. The summed E-state index contributed by atoms with van der Waals surface area (Å²) in [6, 6.07) is 6.79. The number of rotatable bonds is 4. The maximum absolute atomic E-state index is 12.7. The Morgan fingerprint density at radius 3 is 2.75 bits per heavy atom. The third-order valence-electron chi connectivity index (χ3n) is 3.67. The standard InChI is InChI=1S/C16H18ClN5O2/c1-9(2)8-24-15(23)13-10(3)18-16-19-20-21-22(16)14(13)11-4-6-12(17)7-5-11/h4-7,9,14H,8H2,1-3H3,(H,18,19,21). The number of ether oxygens (including phenoxy) is 1. The van der Waals surface area contributed by atoms with Crippen LogP contribution in [0, 0.1) is 5.92 Å². The summed E-state index contributed by atoms with van der Waals surface area (Å²) in [7, 11) is 0. The van der Waals surface area contributed by atoms with Crippen LogP contribution in [0.5, 0.6) is 0 Å². The Kier molecular flexibility index (Phi) is 4.53. The fourth-order valence-electron chi connectivity index (χ4n) is 2.55. The van der Waals surface area contributed by atoms with Gasteiger partial charge < -0.3 is 10.1 Å². The van der Waals surface area contributed by atoms with E-state index in [-0.39, 0.29) is 11.9 Å². The normalized spacial score (nSPS) is 16.8. The molecule has 1 aromatic heterocycles. The van der Waals surface area contributed by atoms with Crippen LogP contribution in [0.1, 0.15) is 32.4 Å². The van der Waals surface area contributed by atoms with Crippen LogP contribution in [0.15, 0.2) is 35.5 Å². The van der Waals surface area contributed by atoms with Crippen molar-refractivity contribution in [2.45, 2.75) is 26.8 Å². The van der Waals surface area contributed by atoms with Gasteiger partial charge in [0.2, 0.25) is 5.95 Å². The molecule has 0 fully saturated rings. The van der Waals surface area contributed by atoms with Crippen molar-refractivity contribution in [2.24, 2.45) is 5.92 Å². The minimum absolute atomic E-state index is 0.254. The van der Waals surface area contributed by atoms with Crippen LogP contribution in [0.25, 0.3) is 0 Å². The number of anilines is 1. The minimum atomic E-state index is -0.465. The van der Waals surface area contributed by atoms with Crippen LogP contribution in [0.2, 0.25) is 5.02 Å². The van der Waals surface area contributed by atoms with Crippen molar-refractivity contribution in [3.8, 4) is 0 Å². The lowest BCUT2D eigenvalue weighted by atomic mass is 9.96. The summed E-state index contributed by atoms with van der Waals surface area (Å²) in [5.74, 6) is 0.353. The molecule has 1 aliphatic rings. The van der Waals surface area contributed by atoms with Gasteiger partial charge in [0.15, 0.2) is 0 Å². The summed E-state index contributed by atoms with van der Waals surface area (Å²) in [6.45, 7) is 6.14. The molecule has 2 aromatic rings. The highest BCUT2D eigenvalue weighted by atomic mass is 35.5. The van der Waals surface area contributed by atoms with Gasteiger partial charge in [-0.3, -0.25) is 0 Å². The summed E-state index contributed by atoms with van der Waals surface area (Å²) >= 11 is 5.98. The van der Waals surface area contributed by atoms with E-state index in [9.17, 15) is 4.79 Å². The van der Waals surface area contributed by atoms with E-state index in [4.69, 9.17) is 16.3 Å². The molecule has 1 N–H and O–H groups in total. The number of nitrogens with zero attached hydrogens (tertiary/aromatic N) is 4. The smallest absolute Gasteiger partial charge is 0.338 e. The van der Waals surface area contributed by atoms with Gasteiger partial charge in [-0.15, -0.1) is 0 Å². The number of nitrogens with one attached hydrogen (secondary N) is 1. The number of hydrogen-bond acceptors (Lipinski definition) is 6. The Bertz CT molecular complexity index is 782. The molecule has 1 unspecified atom stereocenters. The molecule has 3 rings (SSSR count). The summed E-state index contributed by atoms with van der Waals surface area (Å²) in [5.41, 5.74) is 2.01. The second-order valence-corrected chi connectivity index (χ2v) is 6.49. The summed E-state index contributed by atoms with van der Waals surface area (Å²) in [4.78, 5) is 12.7. The molecular weight excluding hydrogens is 330 g/mol. The van der Waals surface area contributed by atoms with Crippen molar-refractivity contribution in [2.75, 3.05) is 11.9 Å². The van der Waals surface area contributed by atoms with Crippen molar-refractivity contribution in [3.05, 3.63) is 46.1 Å². The Balaban J connectivity index is 2.03. The first-order valence-electron chi connectivity index (χ1n) is 7.65. The molecule has 1 aliphatic heterocycles. The van der Waals surface area contributed by atoms with Crippen molar-refractivity contribution >= 4 is 23.5 Å². The summed E-state index contributed by atoms with van der Waals surface area (Å²) in [6.07, 6.45) is 0. The molecule has 0 saturated carbocycles. The zero-order valence-electron chi connectivity index (χ0n) is 13.7. The molecule has 7 nitrogen and oxygen atoms in total. The maximum atomic E-state index is 12.7. The molecule has 1 aromatic carbocycles. The molecule has 0 saturated heterocycles. The van der Waals surface area contributed by atoms with Gasteiger partial charge in [-0.1, -0.05) is 42.7 Å². The monoisotopic (exact) mass is 347 g/mol. The van der Waals surface area contributed by atoms with Crippen LogP contribution >= 0.6 is 11.6 Å². The first-order chi connectivity index (χ1) is 11.5. The maximum Gasteiger partial charge on any atom is 0.338 e. The van der Waals surface area contributed by atoms with Crippen molar-refractivity contribution < 1.29 is 9.53 Å². The Morgan fingerprint density at radius 1 is 1.38 bits per heavy atom. The lowest BCUT2D eigenvalue weighted by Crippen LogP contribution is -2.30. The Labute approximate surface area is 144 Å². The zero-order valence-corrected chi connectivity index (χ0v) is 14.4. The molecule has 0 radical (unpaired) electrons. The second kappa shape index (κ2) is 6.60. The van der Waals surface area contributed by atoms with E-state index in [1.165, 1.54) is 0 Å². The Hall–Kier alpha value is -2.41. The van der Waals surface area contributed by atoms with Gasteiger partial charge >= 0.3 is 5.97 Å². The highest BCUT2D eigenvalue weighted by Gasteiger charge is 2.34. The quantitative estimate of drug-likeness (QED) is 0.856. The third-order valence-corrected chi connectivity index (χ3v) is 3.92. The van der Waals surface area contributed by atoms with Crippen molar-refractivity contribution in [3.63, 3.8) is 0 Å². The van der Waals surface area contributed by atoms with Gasteiger partial charge in [-0.05, 0) is 41.0 Å². The first kappa shape index (κ1) is 16.4. The number of allylic oxidation sites excluding steroid dienone is 1. The predicted molar refractivity (Wildman–Crippen MR) is 89.5 cm³/mol. The molecule has 0 bridgehead atoms. The van der Waals surface area contributed by atoms with Gasteiger partial charge in [0.1, 0.15) is 6.04 Å². The number of tetrazole rings is 1. The zero-order chi connectivity index (χ0) is 17.3. The van der Waals surface area contributed by atoms with Crippen molar-refractivity contribution in [1.29, 1.82) is 0 Å². The van der Waals surface area contributed by atoms with E-state index in [1.807, 2.05) is 32.9 Å². The van der Waals surface area contributed by atoms with Crippen LogP contribution in [0.3, 0.4) is 0 Å². The number of aromatic nitrogens is 4. The highest BCUT2D eigenvalue weighted by molar-refractivity contribution is 6.30. The Morgan fingerprint density at radius 2 is 2.08 bits per heavy atom. The van der Waals surface area contributed by atoms with E-state index < -0.39 is 6.04 Å². The SMILES string of the molecule is CC1=C(C(=O)OCC(C)C)C(c2ccc(Cl)cc2)n2nnnc2N1. The van der Waals surface area contributed by atoms with Gasteiger partial charge in [0, 0.05) is 10.7 Å². The van der Waals surface area contributed by atoms with E-state index in [2.05, 4.69) is 20.8 Å². The lowest BCUT2D eigenvalue weighted by molar-refractivity contribution is -0.140. The molecule has 0 spiro atoms. The van der Waals surface area contributed by atoms with Gasteiger partial charge in [-0.2, -0.15) is 4.68 Å². The first-order valence-corrected chi connectivity index (χ1v) is 8.03. The van der Waals surface area contributed by atoms with Gasteiger partial charge in [0.05, 0.1) is 12.2 Å². The second-order valence-electron chi connectivity index (χ2n) is 6.06. The number of benzene rings is 1. The molecule has 8 heteroatoms. The molecular formula is C16H18ClN5O2. The third kappa shape index (κ3) is 3.12. The topological polar surface area (TPSA) is 81.9 Å². The average Bonchev–Trinajstić information content (AvgIpc) is 3.00. The summed E-state index contributed by atoms with van der Waals surface area (Å²) in [5, 5.41) is 15.3. The number of fused-ring (bicyclic) bond motifs is 1. The van der Waals surface area contributed by atoms with Crippen molar-refractivity contribution in [1.82, 2.24) is 20.2 Å². The highest BCUT2D eigenvalue weighted by Crippen LogP contribution is 2.35. The predicted octanol–water partition coefficient (Wildman–Crippen LogP) is 2.81. The van der Waals surface area contributed by atoms with E-state index >= 15 is 0 Å². The number of carbonyl (C=O) groups is 1. The van der Waals surface area contributed by atoms with E-state index in [1.54, 1.807) is 16.8 Å². The number of halogens is 1. The van der Waals surface area contributed by atoms with Crippen LogP contribution < -0.4 is 5.32 Å². The largest absolute Gasteiger partial charge is 0.462 e. The van der Waals surface area contributed by atoms with Gasteiger partial charge in [-0.25, -0.2) is 4.79 Å². The van der Waals surface area contributed by atoms with Crippen LogP contribution in [-0.4, -0.2) is 32.8 Å². The number of esters is 1. The number of carbonyl (C=O) groups excluding carboxylic acids is 1. The molecule has 24 heavy (non-hydrogen) atoms. The van der Waals surface area contributed by atoms with E-state index in [0.717, 1.165) is 5.56 Å². The van der Waals surface area contributed by atoms with Crippen LogP contribution in [0.4, 0.5) is 5.95 Å². The fraction of sp³-hybridized carbons (Fsp3) is 0.375. The molecule has 0 aliphatic carbocycles. The average molecular weight is 348 g/mol. The van der Waals surface area contributed by atoms with Crippen LogP contribution in [-0.2, 0) is 9.53 Å². The van der Waals surface area contributed by atoms with Gasteiger partial charge in [0.25, 0.3) is 0 Å². The lowest BCUT2D eigenvalue weighted by Gasteiger charge is -2.27. The number of hydrogen-bond donors (Lipinski definition) is 1. The summed E-state index contributed by atoms with van der Waals surface area (Å²) < 4.78 is 7.01. The minimum Gasteiger partial charge on any atom is -0.462 e. The molecule has 126 valence electrons. The fourth-order valence-corrected chi connectivity index (χ4v) is 2.68. The molecule has 0 amide bonds.